The molecule has 34 heavy (non-hydrogen) atoms. The standard InChI is InChI=1S/C27H24F6O/c1-3-17-6-13-23(24(28)15-17)19-9-11-21(12-10-19)26(30)25(29)20-7-4-18(5-8-20)14-22(16-34-2)27(31,32)33/h4-13,15,22H,3,14,16H2,1-2H3/b26-25-. The molecular formula is C27H24F6O. The van der Waals surface area contributed by atoms with Gasteiger partial charge in [-0.2, -0.15) is 13.2 Å². The number of benzene rings is 3. The van der Waals surface area contributed by atoms with E-state index in [1.54, 1.807) is 6.07 Å². The average molecular weight is 478 g/mol. The van der Waals surface area contributed by atoms with E-state index in [9.17, 15) is 26.3 Å². The molecule has 0 aliphatic carbocycles. The van der Waals surface area contributed by atoms with E-state index in [0.717, 1.165) is 5.56 Å². The van der Waals surface area contributed by atoms with E-state index in [2.05, 4.69) is 4.74 Å². The summed E-state index contributed by atoms with van der Waals surface area (Å²) in [6.45, 7) is 1.43. The van der Waals surface area contributed by atoms with Crippen molar-refractivity contribution >= 4 is 11.7 Å². The summed E-state index contributed by atoms with van der Waals surface area (Å²) in [6.07, 6.45) is -4.07. The number of alkyl halides is 3. The van der Waals surface area contributed by atoms with Crippen LogP contribution in [0.5, 0.6) is 0 Å². The van der Waals surface area contributed by atoms with Gasteiger partial charge in [0.05, 0.1) is 12.5 Å². The lowest BCUT2D eigenvalue weighted by atomic mass is 9.98. The molecule has 1 unspecified atom stereocenters. The molecule has 3 rings (SSSR count). The van der Waals surface area contributed by atoms with Crippen molar-refractivity contribution in [3.05, 3.63) is 94.8 Å². The van der Waals surface area contributed by atoms with Crippen molar-refractivity contribution in [3.8, 4) is 11.1 Å². The second kappa shape index (κ2) is 10.9. The highest BCUT2D eigenvalue weighted by molar-refractivity contribution is 5.83. The minimum atomic E-state index is -4.43. The molecule has 0 fully saturated rings. The maximum absolute atomic E-state index is 14.8. The van der Waals surface area contributed by atoms with Gasteiger partial charge in [-0.15, -0.1) is 0 Å². The van der Waals surface area contributed by atoms with Crippen molar-refractivity contribution in [2.45, 2.75) is 25.9 Å². The molecule has 0 radical (unpaired) electrons. The van der Waals surface area contributed by atoms with Gasteiger partial charge in [0, 0.05) is 23.8 Å². The summed E-state index contributed by atoms with van der Waals surface area (Å²) in [5.41, 5.74) is 1.94. The summed E-state index contributed by atoms with van der Waals surface area (Å²) in [5, 5.41) is 0. The van der Waals surface area contributed by atoms with E-state index in [0.29, 0.717) is 23.1 Å². The Labute approximate surface area is 194 Å². The Bertz CT molecular complexity index is 1130. The van der Waals surface area contributed by atoms with Crippen LogP contribution < -0.4 is 0 Å². The molecule has 0 spiro atoms. The van der Waals surface area contributed by atoms with Gasteiger partial charge in [0.2, 0.25) is 0 Å². The minimum absolute atomic E-state index is 0.0341. The lowest BCUT2D eigenvalue weighted by Gasteiger charge is -2.19. The van der Waals surface area contributed by atoms with E-state index >= 15 is 0 Å². The van der Waals surface area contributed by atoms with Crippen LogP contribution >= 0.6 is 0 Å². The van der Waals surface area contributed by atoms with Crippen molar-refractivity contribution in [1.82, 2.24) is 0 Å². The summed E-state index contributed by atoms with van der Waals surface area (Å²) in [5.74, 6) is -4.34. The molecule has 180 valence electrons. The molecule has 0 saturated heterocycles. The summed E-state index contributed by atoms with van der Waals surface area (Å²) < 4.78 is 87.7. The monoisotopic (exact) mass is 478 g/mol. The van der Waals surface area contributed by atoms with Gasteiger partial charge >= 0.3 is 6.18 Å². The molecule has 0 N–H and O–H groups in total. The van der Waals surface area contributed by atoms with Gasteiger partial charge < -0.3 is 4.74 Å². The second-order valence-electron chi connectivity index (χ2n) is 7.97. The normalized spacial score (nSPS) is 13.5. The van der Waals surface area contributed by atoms with Crippen LogP contribution in [0.2, 0.25) is 0 Å². The van der Waals surface area contributed by atoms with E-state index < -0.39 is 36.2 Å². The topological polar surface area (TPSA) is 9.23 Å². The number of hydrogen-bond acceptors (Lipinski definition) is 1. The van der Waals surface area contributed by atoms with Gasteiger partial charge in [-0.1, -0.05) is 67.6 Å². The van der Waals surface area contributed by atoms with Gasteiger partial charge in [0.25, 0.3) is 0 Å². The highest BCUT2D eigenvalue weighted by Gasteiger charge is 2.39. The van der Waals surface area contributed by atoms with Crippen molar-refractivity contribution in [3.63, 3.8) is 0 Å². The predicted molar refractivity (Wildman–Crippen MR) is 122 cm³/mol. The minimum Gasteiger partial charge on any atom is -0.384 e. The Kier molecular flexibility index (Phi) is 8.20. The van der Waals surface area contributed by atoms with E-state index in [4.69, 9.17) is 0 Å². The molecule has 3 aromatic rings. The van der Waals surface area contributed by atoms with Gasteiger partial charge in [0.1, 0.15) is 5.82 Å². The van der Waals surface area contributed by atoms with Gasteiger partial charge in [-0.05, 0) is 35.6 Å². The summed E-state index contributed by atoms with van der Waals surface area (Å²) in [6, 6.07) is 15.8. The first-order chi connectivity index (χ1) is 16.1. The van der Waals surface area contributed by atoms with Crippen LogP contribution in [0.25, 0.3) is 22.8 Å². The zero-order valence-corrected chi connectivity index (χ0v) is 18.7. The van der Waals surface area contributed by atoms with Crippen LogP contribution in [0.1, 0.15) is 29.2 Å². The van der Waals surface area contributed by atoms with Crippen molar-refractivity contribution < 1.29 is 31.1 Å². The average Bonchev–Trinajstić information content (AvgIpc) is 2.83. The number of aryl methyl sites for hydroxylation is 1. The lowest BCUT2D eigenvalue weighted by Crippen LogP contribution is -2.29. The van der Waals surface area contributed by atoms with Crippen LogP contribution in [-0.4, -0.2) is 19.9 Å². The first-order valence-corrected chi connectivity index (χ1v) is 10.7. The zero-order chi connectivity index (χ0) is 24.9. The molecular weight excluding hydrogens is 454 g/mol. The summed E-state index contributed by atoms with van der Waals surface area (Å²) in [4.78, 5) is 0. The van der Waals surface area contributed by atoms with Gasteiger partial charge in [-0.3, -0.25) is 0 Å². The molecule has 0 saturated carbocycles. The number of halogens is 6. The van der Waals surface area contributed by atoms with E-state index in [-0.39, 0.29) is 17.5 Å². The highest BCUT2D eigenvalue weighted by atomic mass is 19.4. The maximum Gasteiger partial charge on any atom is 0.394 e. The Hall–Kier alpha value is -3.06. The third-order valence-electron chi connectivity index (χ3n) is 5.60. The SMILES string of the molecule is CCc1ccc(-c2ccc(/C(F)=C(/F)c3ccc(CC(COC)C(F)(F)F)cc3)cc2)c(F)c1. The van der Waals surface area contributed by atoms with Crippen LogP contribution in [0.3, 0.4) is 0 Å². The van der Waals surface area contributed by atoms with Crippen LogP contribution in [0.4, 0.5) is 26.3 Å². The summed E-state index contributed by atoms with van der Waals surface area (Å²) >= 11 is 0. The predicted octanol–water partition coefficient (Wildman–Crippen LogP) is 8.19. The molecule has 3 aromatic carbocycles. The van der Waals surface area contributed by atoms with Gasteiger partial charge in [-0.25, -0.2) is 13.2 Å². The zero-order valence-electron chi connectivity index (χ0n) is 18.7. The van der Waals surface area contributed by atoms with Gasteiger partial charge in [0.15, 0.2) is 11.7 Å². The smallest absolute Gasteiger partial charge is 0.384 e. The molecule has 0 heterocycles. The Morgan fingerprint density at radius 3 is 1.82 bits per heavy atom. The molecule has 0 aliphatic heterocycles. The maximum atomic E-state index is 14.8. The first-order valence-electron chi connectivity index (χ1n) is 10.7. The molecule has 0 bridgehead atoms. The number of rotatable bonds is 8. The Morgan fingerprint density at radius 2 is 1.35 bits per heavy atom. The number of hydrogen-bond donors (Lipinski definition) is 0. The molecule has 7 heteroatoms. The Morgan fingerprint density at radius 1 is 0.824 bits per heavy atom. The van der Waals surface area contributed by atoms with Crippen molar-refractivity contribution in [2.24, 2.45) is 5.92 Å². The molecule has 1 nitrogen and oxygen atoms in total. The largest absolute Gasteiger partial charge is 0.394 e. The third kappa shape index (κ3) is 6.08. The van der Waals surface area contributed by atoms with E-state index in [1.165, 1.54) is 61.7 Å². The fourth-order valence-electron chi connectivity index (χ4n) is 3.60. The molecule has 0 amide bonds. The van der Waals surface area contributed by atoms with Crippen LogP contribution in [-0.2, 0) is 17.6 Å². The highest BCUT2D eigenvalue weighted by Crippen LogP contribution is 2.33. The van der Waals surface area contributed by atoms with Crippen molar-refractivity contribution in [2.75, 3.05) is 13.7 Å². The fraction of sp³-hybridized carbons (Fsp3) is 0.259. The van der Waals surface area contributed by atoms with Crippen molar-refractivity contribution in [1.29, 1.82) is 0 Å². The van der Waals surface area contributed by atoms with Crippen LogP contribution in [0, 0.1) is 11.7 Å². The Balaban J connectivity index is 1.79. The first kappa shape index (κ1) is 25.6. The molecule has 0 aliphatic rings. The number of ether oxygens (including phenoxy) is 1. The molecule has 1 atom stereocenters. The fourth-order valence-corrected chi connectivity index (χ4v) is 3.60. The quantitative estimate of drug-likeness (QED) is 0.234. The second-order valence-corrected chi connectivity index (χ2v) is 7.97. The van der Waals surface area contributed by atoms with Crippen LogP contribution in [0.15, 0.2) is 66.7 Å². The molecule has 0 aromatic heterocycles. The lowest BCUT2D eigenvalue weighted by molar-refractivity contribution is -0.185. The summed E-state index contributed by atoms with van der Waals surface area (Å²) in [7, 11) is 1.19. The third-order valence-corrected chi connectivity index (χ3v) is 5.60. The number of methoxy groups -OCH3 is 1. The van der Waals surface area contributed by atoms with E-state index in [1.807, 2.05) is 13.0 Å².